The number of ether oxygens (including phenoxy) is 1. The molecule has 18 heteroatoms. The Bertz CT molecular complexity index is 2520. The lowest BCUT2D eigenvalue weighted by molar-refractivity contribution is 0.0989. The molecule has 6 aromatic rings. The number of primary amides is 2. The summed E-state index contributed by atoms with van der Waals surface area (Å²) in [6.45, 7) is 9.27. The van der Waals surface area contributed by atoms with Crippen molar-refractivity contribution in [3.8, 4) is 5.75 Å². The average molecular weight is 748 g/mol. The Kier molecular flexibility index (Phi) is 9.88. The van der Waals surface area contributed by atoms with Crippen molar-refractivity contribution in [2.75, 3.05) is 17.2 Å². The molecule has 0 atom stereocenters. The van der Waals surface area contributed by atoms with Crippen LogP contribution in [-0.4, -0.2) is 73.9 Å². The van der Waals surface area contributed by atoms with Crippen molar-refractivity contribution in [1.29, 1.82) is 0 Å². The molecule has 1 aliphatic rings. The molecule has 0 bridgehead atoms. The predicted octanol–water partition coefficient (Wildman–Crippen LogP) is 3.58. The van der Waals surface area contributed by atoms with Crippen LogP contribution in [0.15, 0.2) is 48.6 Å². The molecule has 0 aliphatic heterocycles. The number of aryl methyl sites for hydroxylation is 4. The Hall–Kier alpha value is -6.85. The van der Waals surface area contributed by atoms with E-state index in [-0.39, 0.29) is 41.9 Å². The Morgan fingerprint density at radius 2 is 1.40 bits per heavy atom. The fraction of sp³-hybridized carbons (Fsp3) is 0.324. The third-order valence-corrected chi connectivity index (χ3v) is 9.19. The van der Waals surface area contributed by atoms with Crippen LogP contribution in [0.25, 0.3) is 22.2 Å². The molecule has 5 aromatic heterocycles. The van der Waals surface area contributed by atoms with Crippen LogP contribution in [-0.2, 0) is 26.2 Å². The monoisotopic (exact) mass is 747 g/mol. The van der Waals surface area contributed by atoms with Gasteiger partial charge in [-0.1, -0.05) is 12.2 Å². The van der Waals surface area contributed by atoms with Crippen LogP contribution in [0, 0.1) is 19.8 Å². The lowest BCUT2D eigenvalue weighted by atomic mass is 10.1. The number of nitrogens with two attached hydrogens (primary N) is 2. The number of pyridine rings is 1. The molecule has 5 heterocycles. The second kappa shape index (κ2) is 14.9. The summed E-state index contributed by atoms with van der Waals surface area (Å²) >= 11 is 0. The van der Waals surface area contributed by atoms with Gasteiger partial charge in [0.05, 0.1) is 29.0 Å². The number of aromatic nitrogens is 9. The number of nitrogens with zero attached hydrogens (tertiary/aromatic N) is 9. The summed E-state index contributed by atoms with van der Waals surface area (Å²) in [6.07, 6.45) is 5.83. The van der Waals surface area contributed by atoms with E-state index in [9.17, 15) is 19.2 Å². The van der Waals surface area contributed by atoms with Crippen LogP contribution >= 0.6 is 0 Å². The van der Waals surface area contributed by atoms with Gasteiger partial charge in [-0.05, 0) is 82.9 Å². The van der Waals surface area contributed by atoms with Gasteiger partial charge in [-0.15, -0.1) is 0 Å². The van der Waals surface area contributed by atoms with Crippen LogP contribution in [0.3, 0.4) is 0 Å². The normalized spacial score (nSPS) is 12.9. The molecule has 1 saturated carbocycles. The maximum absolute atomic E-state index is 13.6. The minimum atomic E-state index is -0.711. The molecule has 18 nitrogen and oxygen atoms in total. The van der Waals surface area contributed by atoms with Gasteiger partial charge >= 0.3 is 0 Å². The minimum absolute atomic E-state index is 0.0307. The number of benzene rings is 1. The molecular formula is C37H41N13O5. The SMILES string of the molecule is CCn1nc(C)cc1C(=O)Nc1nc2nc(C(N)=O)ccc2n1C/C=C/Cn1c(NC(=O)c2cc(C)nn2CC)nc2cc(C(N)=O)cc(OCC3CC3)c21. The molecule has 0 spiro atoms. The molecular weight excluding hydrogens is 706 g/mol. The number of nitrogens with one attached hydrogen (secondary N) is 2. The Morgan fingerprint density at radius 1 is 0.800 bits per heavy atom. The van der Waals surface area contributed by atoms with E-state index in [1.54, 1.807) is 55.8 Å². The van der Waals surface area contributed by atoms with Crippen molar-refractivity contribution >= 4 is 57.7 Å². The van der Waals surface area contributed by atoms with Gasteiger partial charge in [-0.2, -0.15) is 15.2 Å². The molecule has 1 aromatic carbocycles. The third kappa shape index (κ3) is 7.51. The highest BCUT2D eigenvalue weighted by atomic mass is 16.5. The van der Waals surface area contributed by atoms with Crippen molar-refractivity contribution in [2.24, 2.45) is 17.4 Å². The standard InChI is InChI=1S/C37H41N13O5/c1-5-49-27(15-20(3)45-49)34(53)43-36-41-25-17-23(31(38)51)18-29(55-19-22-9-10-22)30(25)48(36)14-8-7-13-47-26-12-11-24(32(39)52)40-33(26)42-37(47)44-35(54)28-16-21(4)46-50(28)6-2/h7-8,11-12,15-18,22H,5-6,9-10,13-14,19H2,1-4H3,(H2,38,51)(H2,39,52)(H,41,43,53)(H,40,42,44,54)/b8-7+. The molecule has 55 heavy (non-hydrogen) atoms. The van der Waals surface area contributed by atoms with Gasteiger partial charge < -0.3 is 25.3 Å². The largest absolute Gasteiger partial charge is 0.491 e. The molecule has 0 unspecified atom stereocenters. The van der Waals surface area contributed by atoms with Crippen LogP contribution in [0.5, 0.6) is 5.75 Å². The molecule has 284 valence electrons. The van der Waals surface area contributed by atoms with E-state index in [1.165, 1.54) is 6.07 Å². The molecule has 1 aliphatic carbocycles. The summed E-state index contributed by atoms with van der Waals surface area (Å²) in [4.78, 5) is 64.9. The van der Waals surface area contributed by atoms with Crippen molar-refractivity contribution in [2.45, 2.75) is 66.7 Å². The van der Waals surface area contributed by atoms with E-state index in [1.807, 2.05) is 32.9 Å². The zero-order valence-corrected chi connectivity index (χ0v) is 30.9. The van der Waals surface area contributed by atoms with Crippen molar-refractivity contribution in [3.05, 3.63) is 82.6 Å². The summed E-state index contributed by atoms with van der Waals surface area (Å²) in [5.41, 5.74) is 15.3. The summed E-state index contributed by atoms with van der Waals surface area (Å²) in [6, 6.07) is 9.72. The predicted molar refractivity (Wildman–Crippen MR) is 203 cm³/mol. The van der Waals surface area contributed by atoms with E-state index < -0.39 is 23.6 Å². The molecule has 1 fully saturated rings. The maximum atomic E-state index is 13.6. The third-order valence-electron chi connectivity index (χ3n) is 9.19. The number of rotatable bonds is 15. The lowest BCUT2D eigenvalue weighted by Gasteiger charge is -2.13. The lowest BCUT2D eigenvalue weighted by Crippen LogP contribution is -2.20. The first-order chi connectivity index (χ1) is 26.4. The van der Waals surface area contributed by atoms with E-state index in [4.69, 9.17) is 21.2 Å². The van der Waals surface area contributed by atoms with Crippen LogP contribution in [0.4, 0.5) is 11.9 Å². The van der Waals surface area contributed by atoms with Crippen LogP contribution < -0.4 is 26.8 Å². The van der Waals surface area contributed by atoms with Crippen LogP contribution in [0.1, 0.15) is 79.9 Å². The average Bonchev–Trinajstić information content (AvgIpc) is 3.44. The Labute approximate surface area is 314 Å². The molecule has 0 radical (unpaired) electrons. The quantitative estimate of drug-likeness (QED) is 0.111. The zero-order valence-electron chi connectivity index (χ0n) is 30.9. The number of fused-ring (bicyclic) bond motifs is 2. The molecule has 6 N–H and O–H groups in total. The van der Waals surface area contributed by atoms with Crippen LogP contribution in [0.2, 0.25) is 0 Å². The molecule has 7 rings (SSSR count). The smallest absolute Gasteiger partial charge is 0.276 e. The topological polar surface area (TPSA) is 238 Å². The second-order valence-corrected chi connectivity index (χ2v) is 13.3. The maximum Gasteiger partial charge on any atom is 0.276 e. The van der Waals surface area contributed by atoms with Gasteiger partial charge in [0.25, 0.3) is 17.7 Å². The first-order valence-electron chi connectivity index (χ1n) is 17.9. The number of carbonyl (C=O) groups excluding carboxylic acids is 4. The van der Waals surface area contributed by atoms with Gasteiger partial charge in [-0.3, -0.25) is 39.2 Å². The highest BCUT2D eigenvalue weighted by molar-refractivity contribution is 6.05. The minimum Gasteiger partial charge on any atom is -0.491 e. The Morgan fingerprint density at radius 3 is 1.96 bits per heavy atom. The number of imidazole rings is 2. The highest BCUT2D eigenvalue weighted by Gasteiger charge is 2.25. The van der Waals surface area contributed by atoms with E-state index in [2.05, 4.69) is 30.8 Å². The zero-order chi connectivity index (χ0) is 39.0. The summed E-state index contributed by atoms with van der Waals surface area (Å²) in [7, 11) is 0. The summed E-state index contributed by atoms with van der Waals surface area (Å²) in [5.74, 6) is -0.934. The van der Waals surface area contributed by atoms with Crippen molar-refractivity contribution in [1.82, 2.24) is 43.6 Å². The molecule has 4 amide bonds. The van der Waals surface area contributed by atoms with Crippen molar-refractivity contribution in [3.63, 3.8) is 0 Å². The van der Waals surface area contributed by atoms with Gasteiger partial charge in [-0.25, -0.2) is 9.97 Å². The van der Waals surface area contributed by atoms with Gasteiger partial charge in [0, 0.05) is 31.7 Å². The van der Waals surface area contributed by atoms with E-state index in [0.717, 1.165) is 12.8 Å². The number of allylic oxidation sites excluding steroid dienone is 2. The number of amides is 4. The number of carbonyl (C=O) groups is 4. The fourth-order valence-corrected chi connectivity index (χ4v) is 6.30. The van der Waals surface area contributed by atoms with E-state index >= 15 is 0 Å². The fourth-order valence-electron chi connectivity index (χ4n) is 6.30. The second-order valence-electron chi connectivity index (χ2n) is 13.3. The first kappa shape index (κ1) is 36.5. The van der Waals surface area contributed by atoms with Gasteiger partial charge in [0.15, 0.2) is 5.65 Å². The number of hydrogen-bond acceptors (Lipinski definition) is 10. The Balaban J connectivity index is 1.24. The summed E-state index contributed by atoms with van der Waals surface area (Å²) in [5, 5.41) is 14.6. The van der Waals surface area contributed by atoms with E-state index in [0.29, 0.717) is 70.7 Å². The highest BCUT2D eigenvalue weighted by Crippen LogP contribution is 2.34. The van der Waals surface area contributed by atoms with Crippen molar-refractivity contribution < 1.29 is 23.9 Å². The molecule has 0 saturated heterocycles. The number of hydrogen-bond donors (Lipinski definition) is 4. The first-order valence-corrected chi connectivity index (χ1v) is 17.9. The number of anilines is 2. The van der Waals surface area contributed by atoms with Gasteiger partial charge in [0.2, 0.25) is 17.8 Å². The summed E-state index contributed by atoms with van der Waals surface area (Å²) < 4.78 is 13.0. The van der Waals surface area contributed by atoms with Gasteiger partial charge in [0.1, 0.15) is 28.3 Å².